The van der Waals surface area contributed by atoms with Gasteiger partial charge < -0.3 is 10.5 Å². The number of nitrogens with two attached hydrogens (primary N) is 1. The van der Waals surface area contributed by atoms with Crippen LogP contribution in [0.25, 0.3) is 0 Å². The zero-order valence-corrected chi connectivity index (χ0v) is 10.5. The fourth-order valence-electron chi connectivity index (χ4n) is 1.96. The highest BCUT2D eigenvalue weighted by molar-refractivity contribution is 9.10. The highest BCUT2D eigenvalue weighted by atomic mass is 79.9. The van der Waals surface area contributed by atoms with Crippen molar-refractivity contribution in [2.24, 2.45) is 11.7 Å². The van der Waals surface area contributed by atoms with Crippen molar-refractivity contribution in [1.82, 2.24) is 0 Å². The van der Waals surface area contributed by atoms with Crippen LogP contribution in [0.2, 0.25) is 0 Å². The molecule has 0 saturated heterocycles. The number of benzene rings is 1. The Morgan fingerprint density at radius 3 is 2.67 bits per heavy atom. The molecular weight excluding hydrogens is 254 g/mol. The minimum Gasteiger partial charge on any atom is -0.496 e. The Kier molecular flexibility index (Phi) is 3.32. The van der Waals surface area contributed by atoms with E-state index in [2.05, 4.69) is 28.1 Å². The maximum atomic E-state index is 6.20. The van der Waals surface area contributed by atoms with E-state index < -0.39 is 0 Å². The van der Waals surface area contributed by atoms with Crippen LogP contribution in [0.3, 0.4) is 0 Å². The van der Waals surface area contributed by atoms with E-state index in [4.69, 9.17) is 10.5 Å². The van der Waals surface area contributed by atoms with Crippen molar-refractivity contribution in [2.75, 3.05) is 7.11 Å². The molecule has 2 rings (SSSR count). The van der Waals surface area contributed by atoms with E-state index in [1.807, 2.05) is 6.07 Å². The molecule has 0 aromatic heterocycles. The van der Waals surface area contributed by atoms with Crippen LogP contribution in [0.5, 0.6) is 5.75 Å². The van der Waals surface area contributed by atoms with Crippen LogP contribution in [0.4, 0.5) is 0 Å². The summed E-state index contributed by atoms with van der Waals surface area (Å²) in [7, 11) is 1.67. The monoisotopic (exact) mass is 269 g/mol. The molecule has 1 aliphatic carbocycles. The summed E-state index contributed by atoms with van der Waals surface area (Å²) in [5, 5.41) is 0. The average molecular weight is 270 g/mol. The largest absolute Gasteiger partial charge is 0.496 e. The summed E-state index contributed by atoms with van der Waals surface area (Å²) in [6, 6.07) is 6.28. The summed E-state index contributed by atoms with van der Waals surface area (Å²) >= 11 is 3.48. The molecule has 2 N–H and O–H groups in total. The second-order valence-corrected chi connectivity index (χ2v) is 4.97. The Hall–Kier alpha value is -0.540. The Labute approximate surface area is 98.9 Å². The summed E-state index contributed by atoms with van der Waals surface area (Å²) in [6.07, 6.45) is 3.87. The molecule has 82 valence electrons. The molecule has 1 unspecified atom stereocenters. The van der Waals surface area contributed by atoms with Crippen molar-refractivity contribution in [2.45, 2.75) is 25.3 Å². The summed E-state index contributed by atoms with van der Waals surface area (Å²) in [5.74, 6) is 1.53. The summed E-state index contributed by atoms with van der Waals surface area (Å²) < 4.78 is 6.18. The van der Waals surface area contributed by atoms with Gasteiger partial charge in [-0.2, -0.15) is 0 Å². The van der Waals surface area contributed by atoms with Gasteiger partial charge in [-0.1, -0.05) is 12.5 Å². The first kappa shape index (κ1) is 11.0. The van der Waals surface area contributed by atoms with Crippen LogP contribution in [-0.4, -0.2) is 7.11 Å². The van der Waals surface area contributed by atoms with Gasteiger partial charge in [0.15, 0.2) is 0 Å². The van der Waals surface area contributed by atoms with E-state index in [0.717, 1.165) is 10.2 Å². The van der Waals surface area contributed by atoms with Gasteiger partial charge in [-0.3, -0.25) is 0 Å². The van der Waals surface area contributed by atoms with Gasteiger partial charge >= 0.3 is 0 Å². The quantitative estimate of drug-likeness (QED) is 0.915. The zero-order valence-electron chi connectivity index (χ0n) is 8.87. The number of ether oxygens (including phenoxy) is 1. The van der Waals surface area contributed by atoms with E-state index in [1.54, 1.807) is 7.11 Å². The molecule has 0 radical (unpaired) electrons. The van der Waals surface area contributed by atoms with Crippen molar-refractivity contribution in [3.8, 4) is 5.75 Å². The van der Waals surface area contributed by atoms with Crippen molar-refractivity contribution in [3.63, 3.8) is 0 Å². The second-order valence-electron chi connectivity index (χ2n) is 4.11. The topological polar surface area (TPSA) is 35.2 Å². The van der Waals surface area contributed by atoms with Gasteiger partial charge in [-0.25, -0.2) is 0 Å². The highest BCUT2D eigenvalue weighted by Crippen LogP contribution is 2.37. The van der Waals surface area contributed by atoms with E-state index in [0.29, 0.717) is 5.92 Å². The molecule has 1 atom stereocenters. The Balaban J connectivity index is 2.17. The molecule has 2 nitrogen and oxygen atoms in total. The van der Waals surface area contributed by atoms with Gasteiger partial charge in [0.25, 0.3) is 0 Å². The molecule has 0 spiro atoms. The average Bonchev–Trinajstić information content (AvgIpc) is 2.15. The fourth-order valence-corrected chi connectivity index (χ4v) is 2.52. The molecule has 0 amide bonds. The lowest BCUT2D eigenvalue weighted by atomic mass is 9.77. The lowest BCUT2D eigenvalue weighted by Gasteiger charge is -2.31. The van der Waals surface area contributed by atoms with E-state index in [-0.39, 0.29) is 6.04 Å². The molecule has 0 bridgehead atoms. The third kappa shape index (κ3) is 2.18. The Bertz CT molecular complexity index is 349. The van der Waals surface area contributed by atoms with Gasteiger partial charge in [0, 0.05) is 6.04 Å². The predicted octanol–water partition coefficient (Wildman–Crippen LogP) is 3.26. The minimum absolute atomic E-state index is 0.181. The smallest absolute Gasteiger partial charge is 0.133 e. The second kappa shape index (κ2) is 4.54. The molecule has 0 aliphatic heterocycles. The number of hydrogen-bond donors (Lipinski definition) is 1. The van der Waals surface area contributed by atoms with Crippen LogP contribution >= 0.6 is 15.9 Å². The molecule has 15 heavy (non-hydrogen) atoms. The van der Waals surface area contributed by atoms with Gasteiger partial charge in [0.1, 0.15) is 5.75 Å². The molecule has 1 aromatic carbocycles. The molecule has 1 saturated carbocycles. The Morgan fingerprint density at radius 1 is 1.47 bits per heavy atom. The third-order valence-corrected chi connectivity index (χ3v) is 3.84. The van der Waals surface area contributed by atoms with E-state index in [9.17, 15) is 0 Å². The third-order valence-electron chi connectivity index (χ3n) is 3.22. The molecule has 3 heteroatoms. The minimum atomic E-state index is 0.181. The SMILES string of the molecule is COc1ccc(C(N)C2CCC2)cc1Br. The van der Waals surface area contributed by atoms with Gasteiger partial charge in [0.2, 0.25) is 0 Å². The normalized spacial score (nSPS) is 18.3. The predicted molar refractivity (Wildman–Crippen MR) is 65.0 cm³/mol. The molecule has 0 heterocycles. The van der Waals surface area contributed by atoms with Crippen molar-refractivity contribution < 1.29 is 4.74 Å². The first-order valence-corrected chi connectivity index (χ1v) is 6.10. The van der Waals surface area contributed by atoms with Crippen LogP contribution in [0.15, 0.2) is 22.7 Å². The first-order chi connectivity index (χ1) is 7.22. The van der Waals surface area contributed by atoms with Crippen LogP contribution in [-0.2, 0) is 0 Å². The lowest BCUT2D eigenvalue weighted by molar-refractivity contribution is 0.264. The molecule has 1 aliphatic rings. The number of methoxy groups -OCH3 is 1. The summed E-state index contributed by atoms with van der Waals surface area (Å²) in [5.41, 5.74) is 7.40. The number of hydrogen-bond acceptors (Lipinski definition) is 2. The number of halogens is 1. The fraction of sp³-hybridized carbons (Fsp3) is 0.500. The summed E-state index contributed by atoms with van der Waals surface area (Å²) in [6.45, 7) is 0. The van der Waals surface area contributed by atoms with E-state index in [1.165, 1.54) is 24.8 Å². The zero-order chi connectivity index (χ0) is 10.8. The molecular formula is C12H16BrNO. The van der Waals surface area contributed by atoms with Crippen molar-refractivity contribution in [1.29, 1.82) is 0 Å². The van der Waals surface area contributed by atoms with Gasteiger partial charge in [0.05, 0.1) is 11.6 Å². The van der Waals surface area contributed by atoms with Gasteiger partial charge in [-0.05, 0) is 52.4 Å². The molecule has 1 aromatic rings. The maximum Gasteiger partial charge on any atom is 0.133 e. The standard InChI is InChI=1S/C12H16BrNO/c1-15-11-6-5-9(7-10(11)13)12(14)8-3-2-4-8/h5-8,12H,2-4,14H2,1H3. The lowest BCUT2D eigenvalue weighted by Crippen LogP contribution is -2.26. The van der Waals surface area contributed by atoms with Crippen LogP contribution in [0.1, 0.15) is 30.9 Å². The van der Waals surface area contributed by atoms with Crippen LogP contribution in [0, 0.1) is 5.92 Å². The summed E-state index contributed by atoms with van der Waals surface area (Å²) in [4.78, 5) is 0. The Morgan fingerprint density at radius 2 is 2.20 bits per heavy atom. The van der Waals surface area contributed by atoms with Crippen LogP contribution < -0.4 is 10.5 Å². The first-order valence-electron chi connectivity index (χ1n) is 5.31. The van der Waals surface area contributed by atoms with Crippen molar-refractivity contribution in [3.05, 3.63) is 28.2 Å². The molecule has 1 fully saturated rings. The van der Waals surface area contributed by atoms with Gasteiger partial charge in [-0.15, -0.1) is 0 Å². The van der Waals surface area contributed by atoms with E-state index >= 15 is 0 Å². The van der Waals surface area contributed by atoms with Crippen molar-refractivity contribution >= 4 is 15.9 Å². The maximum absolute atomic E-state index is 6.20. The number of rotatable bonds is 3. The highest BCUT2D eigenvalue weighted by Gasteiger charge is 2.25.